The Morgan fingerprint density at radius 2 is 2.25 bits per heavy atom. The zero-order valence-corrected chi connectivity index (χ0v) is 10.3. The molecule has 1 aliphatic rings. The fourth-order valence-electron chi connectivity index (χ4n) is 1.77. The molecule has 0 aromatic carbocycles. The van der Waals surface area contributed by atoms with Gasteiger partial charge in [0, 0.05) is 0 Å². The molecule has 1 fully saturated rings. The van der Waals surface area contributed by atoms with E-state index in [4.69, 9.17) is 14.2 Å². The predicted octanol–water partition coefficient (Wildman–Crippen LogP) is 2.90. The molecule has 3 heteroatoms. The van der Waals surface area contributed by atoms with Crippen LogP contribution in [0.3, 0.4) is 0 Å². The molecule has 0 bridgehead atoms. The van der Waals surface area contributed by atoms with Crippen LogP contribution in [0.4, 0.5) is 0 Å². The van der Waals surface area contributed by atoms with Crippen LogP contribution in [0.5, 0.6) is 0 Å². The highest BCUT2D eigenvalue weighted by Gasteiger charge is 2.25. The lowest BCUT2D eigenvalue weighted by Gasteiger charge is -2.11. The first kappa shape index (κ1) is 13.7. The molecule has 16 heavy (non-hydrogen) atoms. The smallest absolute Gasteiger partial charge is 0.158 e. The summed E-state index contributed by atoms with van der Waals surface area (Å²) in [4.78, 5) is 0. The second-order valence-corrected chi connectivity index (χ2v) is 4.20. The van der Waals surface area contributed by atoms with Crippen molar-refractivity contribution >= 4 is 0 Å². The van der Waals surface area contributed by atoms with Crippen LogP contribution in [-0.4, -0.2) is 32.2 Å². The third-order valence-electron chi connectivity index (χ3n) is 2.65. The summed E-state index contributed by atoms with van der Waals surface area (Å²) in [5, 5.41) is 0. The topological polar surface area (TPSA) is 27.7 Å². The lowest BCUT2D eigenvalue weighted by Crippen LogP contribution is -2.19. The van der Waals surface area contributed by atoms with Crippen LogP contribution in [0, 0.1) is 0 Å². The Balaban J connectivity index is 1.99. The Morgan fingerprint density at radius 3 is 3.00 bits per heavy atom. The molecule has 3 nitrogen and oxygen atoms in total. The van der Waals surface area contributed by atoms with Crippen LogP contribution in [0.15, 0.2) is 12.7 Å². The Morgan fingerprint density at radius 1 is 1.38 bits per heavy atom. The summed E-state index contributed by atoms with van der Waals surface area (Å²) < 4.78 is 16.6. The third-order valence-corrected chi connectivity index (χ3v) is 2.65. The maximum Gasteiger partial charge on any atom is 0.158 e. The highest BCUT2D eigenvalue weighted by molar-refractivity contribution is 4.68. The normalized spacial score (nSPS) is 24.8. The summed E-state index contributed by atoms with van der Waals surface area (Å²) in [6.07, 6.45) is 7.90. The summed E-state index contributed by atoms with van der Waals surface area (Å²) in [6, 6.07) is 0. The van der Waals surface area contributed by atoms with E-state index >= 15 is 0 Å². The molecule has 0 aliphatic carbocycles. The molecule has 0 spiro atoms. The first-order valence-electron chi connectivity index (χ1n) is 6.32. The minimum atomic E-state index is -0.00538. The van der Waals surface area contributed by atoms with Gasteiger partial charge in [-0.15, -0.1) is 6.58 Å². The SMILES string of the molecule is C=CCOCC1CO[C@H](CCCCCC)O1. The molecule has 1 saturated heterocycles. The number of rotatable bonds is 9. The van der Waals surface area contributed by atoms with E-state index in [2.05, 4.69) is 13.5 Å². The van der Waals surface area contributed by atoms with Crippen molar-refractivity contribution < 1.29 is 14.2 Å². The molecule has 0 radical (unpaired) electrons. The van der Waals surface area contributed by atoms with E-state index in [1.54, 1.807) is 6.08 Å². The van der Waals surface area contributed by atoms with E-state index in [0.29, 0.717) is 19.8 Å². The number of ether oxygens (including phenoxy) is 3. The molecule has 1 unspecified atom stereocenters. The van der Waals surface area contributed by atoms with Gasteiger partial charge in [-0.3, -0.25) is 0 Å². The second-order valence-electron chi connectivity index (χ2n) is 4.20. The van der Waals surface area contributed by atoms with Crippen molar-refractivity contribution in [2.75, 3.05) is 19.8 Å². The maximum atomic E-state index is 5.71. The lowest BCUT2D eigenvalue weighted by atomic mass is 10.1. The van der Waals surface area contributed by atoms with E-state index in [9.17, 15) is 0 Å². The summed E-state index contributed by atoms with van der Waals surface area (Å²) in [6.45, 7) is 7.67. The molecule has 0 saturated carbocycles. The molecule has 1 rings (SSSR count). The zero-order chi connectivity index (χ0) is 11.6. The highest BCUT2D eigenvalue weighted by Crippen LogP contribution is 2.17. The Kier molecular flexibility index (Phi) is 7.47. The van der Waals surface area contributed by atoms with E-state index in [1.165, 1.54) is 25.7 Å². The lowest BCUT2D eigenvalue weighted by molar-refractivity contribution is -0.0745. The van der Waals surface area contributed by atoms with Crippen LogP contribution < -0.4 is 0 Å². The van der Waals surface area contributed by atoms with Crippen LogP contribution in [0.1, 0.15) is 39.0 Å². The van der Waals surface area contributed by atoms with Crippen molar-refractivity contribution in [1.82, 2.24) is 0 Å². The van der Waals surface area contributed by atoms with Crippen molar-refractivity contribution in [3.63, 3.8) is 0 Å². The first-order valence-corrected chi connectivity index (χ1v) is 6.32. The number of hydrogen-bond acceptors (Lipinski definition) is 3. The molecule has 0 N–H and O–H groups in total. The average molecular weight is 228 g/mol. The van der Waals surface area contributed by atoms with Gasteiger partial charge in [0.2, 0.25) is 0 Å². The third kappa shape index (κ3) is 5.64. The van der Waals surface area contributed by atoms with Crippen LogP contribution in [0.2, 0.25) is 0 Å². The van der Waals surface area contributed by atoms with Crippen molar-refractivity contribution in [2.24, 2.45) is 0 Å². The minimum Gasteiger partial charge on any atom is -0.375 e. The van der Waals surface area contributed by atoms with Gasteiger partial charge in [-0.05, 0) is 12.8 Å². The zero-order valence-electron chi connectivity index (χ0n) is 10.3. The predicted molar refractivity (Wildman–Crippen MR) is 64.4 cm³/mol. The van der Waals surface area contributed by atoms with Crippen molar-refractivity contribution in [2.45, 2.75) is 51.4 Å². The van der Waals surface area contributed by atoms with Crippen LogP contribution >= 0.6 is 0 Å². The van der Waals surface area contributed by atoms with Gasteiger partial charge in [0.25, 0.3) is 0 Å². The largest absolute Gasteiger partial charge is 0.375 e. The van der Waals surface area contributed by atoms with Gasteiger partial charge in [0.1, 0.15) is 6.10 Å². The quantitative estimate of drug-likeness (QED) is 0.448. The molecule has 0 aromatic rings. The van der Waals surface area contributed by atoms with Gasteiger partial charge in [0.15, 0.2) is 6.29 Å². The van der Waals surface area contributed by atoms with Gasteiger partial charge in [-0.25, -0.2) is 0 Å². The molecule has 1 aliphatic heterocycles. The molecule has 0 aromatic heterocycles. The first-order chi connectivity index (χ1) is 7.86. The second kappa shape index (κ2) is 8.74. The molecular formula is C13H24O3. The summed E-state index contributed by atoms with van der Waals surface area (Å²) >= 11 is 0. The summed E-state index contributed by atoms with van der Waals surface area (Å²) in [5.41, 5.74) is 0. The monoisotopic (exact) mass is 228 g/mol. The molecular weight excluding hydrogens is 204 g/mol. The Bertz CT molecular complexity index is 182. The molecule has 2 atom stereocenters. The van der Waals surface area contributed by atoms with Gasteiger partial charge in [0.05, 0.1) is 19.8 Å². The van der Waals surface area contributed by atoms with E-state index in [1.807, 2.05) is 0 Å². The Labute approximate surface area is 98.8 Å². The molecule has 94 valence electrons. The van der Waals surface area contributed by atoms with Crippen LogP contribution in [-0.2, 0) is 14.2 Å². The highest BCUT2D eigenvalue weighted by atomic mass is 16.7. The Hall–Kier alpha value is -0.380. The number of hydrogen-bond donors (Lipinski definition) is 0. The fraction of sp³-hybridized carbons (Fsp3) is 0.846. The van der Waals surface area contributed by atoms with Crippen LogP contribution in [0.25, 0.3) is 0 Å². The molecule has 0 amide bonds. The number of unbranched alkanes of at least 4 members (excludes halogenated alkanes) is 3. The summed E-state index contributed by atoms with van der Waals surface area (Å²) in [5.74, 6) is 0. The van der Waals surface area contributed by atoms with Gasteiger partial charge >= 0.3 is 0 Å². The summed E-state index contributed by atoms with van der Waals surface area (Å²) in [7, 11) is 0. The molecule has 1 heterocycles. The van der Waals surface area contributed by atoms with E-state index in [-0.39, 0.29) is 12.4 Å². The minimum absolute atomic E-state index is 0.00538. The van der Waals surface area contributed by atoms with Gasteiger partial charge in [-0.1, -0.05) is 32.3 Å². The van der Waals surface area contributed by atoms with Crippen molar-refractivity contribution in [1.29, 1.82) is 0 Å². The van der Waals surface area contributed by atoms with Crippen molar-refractivity contribution in [3.8, 4) is 0 Å². The van der Waals surface area contributed by atoms with E-state index in [0.717, 1.165) is 6.42 Å². The van der Waals surface area contributed by atoms with Gasteiger partial charge in [-0.2, -0.15) is 0 Å². The maximum absolute atomic E-state index is 5.71. The van der Waals surface area contributed by atoms with E-state index < -0.39 is 0 Å². The average Bonchev–Trinajstić information content (AvgIpc) is 2.73. The van der Waals surface area contributed by atoms with Crippen molar-refractivity contribution in [3.05, 3.63) is 12.7 Å². The fourth-order valence-corrected chi connectivity index (χ4v) is 1.77. The van der Waals surface area contributed by atoms with Gasteiger partial charge < -0.3 is 14.2 Å². The standard InChI is InChI=1S/C13H24O3/c1-3-5-6-7-8-13-15-11-12(16-13)10-14-9-4-2/h4,12-13H,2-3,5-11H2,1H3/t12?,13-/m0/s1.